The molecule has 1 fully saturated rings. The van der Waals surface area contributed by atoms with Crippen LogP contribution in [0.1, 0.15) is 50.8 Å². The van der Waals surface area contributed by atoms with Crippen LogP contribution in [0.25, 0.3) is 0 Å². The van der Waals surface area contributed by atoms with E-state index in [1.54, 1.807) is 11.3 Å². The summed E-state index contributed by atoms with van der Waals surface area (Å²) in [6.45, 7) is 5.78. The highest BCUT2D eigenvalue weighted by molar-refractivity contribution is 7.16. The highest BCUT2D eigenvalue weighted by Crippen LogP contribution is 2.29. The van der Waals surface area contributed by atoms with Crippen LogP contribution in [0.4, 0.5) is 0 Å². The summed E-state index contributed by atoms with van der Waals surface area (Å²) in [6, 6.07) is 4.89. The predicted octanol–water partition coefficient (Wildman–Crippen LogP) is 5.14. The first-order valence-corrected chi connectivity index (χ1v) is 8.80. The van der Waals surface area contributed by atoms with Gasteiger partial charge in [-0.25, -0.2) is 0 Å². The topological polar surface area (TPSA) is 12.0 Å². The van der Waals surface area contributed by atoms with Crippen LogP contribution in [-0.2, 0) is 6.42 Å². The molecule has 2 rings (SSSR count). The summed E-state index contributed by atoms with van der Waals surface area (Å²) in [4.78, 5) is 1.40. The molecule has 1 aliphatic rings. The Hall–Kier alpha value is -0.0500. The normalized spacial score (nSPS) is 24.0. The first-order valence-electron chi connectivity index (χ1n) is 7.61. The highest BCUT2D eigenvalue weighted by atomic mass is 35.5. The van der Waals surface area contributed by atoms with Crippen LogP contribution in [0, 0.1) is 11.8 Å². The average Bonchev–Trinajstić information content (AvgIpc) is 2.75. The van der Waals surface area contributed by atoms with E-state index in [-0.39, 0.29) is 0 Å². The van der Waals surface area contributed by atoms with Crippen molar-refractivity contribution in [3.05, 3.63) is 21.3 Å². The Kier molecular flexibility index (Phi) is 6.18. The van der Waals surface area contributed by atoms with E-state index in [0.717, 1.165) is 35.2 Å². The summed E-state index contributed by atoms with van der Waals surface area (Å²) in [6.07, 6.45) is 8.10. The van der Waals surface area contributed by atoms with Crippen LogP contribution in [-0.4, -0.2) is 12.6 Å². The molecule has 1 nitrogen and oxygen atoms in total. The van der Waals surface area contributed by atoms with Gasteiger partial charge in [0.2, 0.25) is 0 Å². The smallest absolute Gasteiger partial charge is 0.0931 e. The zero-order chi connectivity index (χ0) is 13.7. The summed E-state index contributed by atoms with van der Waals surface area (Å²) >= 11 is 7.66. The Morgan fingerprint density at radius 3 is 2.89 bits per heavy atom. The Bertz CT molecular complexity index is 375. The molecular formula is C16H26ClNS. The lowest BCUT2D eigenvalue weighted by atomic mass is 9.81. The van der Waals surface area contributed by atoms with Gasteiger partial charge in [-0.2, -0.15) is 0 Å². The maximum absolute atomic E-state index is 5.95. The van der Waals surface area contributed by atoms with Crippen LogP contribution in [0.2, 0.25) is 4.34 Å². The fourth-order valence-electron chi connectivity index (χ4n) is 3.24. The molecule has 1 aliphatic carbocycles. The molecule has 1 N–H and O–H groups in total. The van der Waals surface area contributed by atoms with Gasteiger partial charge in [0.05, 0.1) is 4.34 Å². The van der Waals surface area contributed by atoms with Gasteiger partial charge in [0.25, 0.3) is 0 Å². The molecule has 0 spiro atoms. The Morgan fingerprint density at radius 1 is 1.37 bits per heavy atom. The SMILES string of the molecule is CC(C)CC1CCCC(NCCc2ccc(Cl)s2)C1. The maximum atomic E-state index is 5.95. The molecule has 1 aromatic heterocycles. The maximum Gasteiger partial charge on any atom is 0.0931 e. The second-order valence-electron chi connectivity index (χ2n) is 6.27. The van der Waals surface area contributed by atoms with Crippen LogP contribution >= 0.6 is 22.9 Å². The fraction of sp³-hybridized carbons (Fsp3) is 0.750. The van der Waals surface area contributed by atoms with Crippen molar-refractivity contribution in [2.45, 2.75) is 58.4 Å². The minimum absolute atomic E-state index is 0.743. The van der Waals surface area contributed by atoms with Crippen molar-refractivity contribution in [3.8, 4) is 0 Å². The number of rotatable bonds is 6. The third-order valence-electron chi connectivity index (χ3n) is 4.02. The van der Waals surface area contributed by atoms with Gasteiger partial charge in [-0.05, 0) is 49.7 Å². The summed E-state index contributed by atoms with van der Waals surface area (Å²) in [5.41, 5.74) is 0. The summed E-state index contributed by atoms with van der Waals surface area (Å²) < 4.78 is 0.907. The molecule has 3 heteroatoms. The third-order valence-corrected chi connectivity index (χ3v) is 5.31. The Labute approximate surface area is 126 Å². The fourth-order valence-corrected chi connectivity index (χ4v) is 4.33. The molecule has 0 saturated heterocycles. The molecule has 2 atom stereocenters. The molecule has 1 saturated carbocycles. The minimum atomic E-state index is 0.743. The number of halogens is 1. The van der Waals surface area contributed by atoms with Crippen molar-refractivity contribution >= 4 is 22.9 Å². The van der Waals surface area contributed by atoms with Crippen LogP contribution in [0.5, 0.6) is 0 Å². The van der Waals surface area contributed by atoms with Crippen molar-refractivity contribution in [2.75, 3.05) is 6.54 Å². The van der Waals surface area contributed by atoms with E-state index < -0.39 is 0 Å². The van der Waals surface area contributed by atoms with E-state index in [1.807, 2.05) is 6.07 Å². The lowest BCUT2D eigenvalue weighted by molar-refractivity contribution is 0.254. The van der Waals surface area contributed by atoms with Crippen molar-refractivity contribution < 1.29 is 0 Å². The van der Waals surface area contributed by atoms with Gasteiger partial charge in [-0.15, -0.1) is 11.3 Å². The molecule has 19 heavy (non-hydrogen) atoms. The number of hydrogen-bond acceptors (Lipinski definition) is 2. The third kappa shape index (κ3) is 5.45. The van der Waals surface area contributed by atoms with E-state index in [1.165, 1.54) is 37.0 Å². The van der Waals surface area contributed by atoms with E-state index in [9.17, 15) is 0 Å². The molecule has 0 aliphatic heterocycles. The molecule has 0 bridgehead atoms. The quantitative estimate of drug-likeness (QED) is 0.767. The second-order valence-corrected chi connectivity index (χ2v) is 8.07. The first-order chi connectivity index (χ1) is 9.13. The van der Waals surface area contributed by atoms with Gasteiger partial charge >= 0.3 is 0 Å². The van der Waals surface area contributed by atoms with Crippen molar-refractivity contribution in [3.63, 3.8) is 0 Å². The van der Waals surface area contributed by atoms with Gasteiger partial charge in [-0.1, -0.05) is 38.3 Å². The number of hydrogen-bond donors (Lipinski definition) is 1. The predicted molar refractivity (Wildman–Crippen MR) is 86.2 cm³/mol. The first kappa shape index (κ1) is 15.3. The zero-order valence-electron chi connectivity index (χ0n) is 12.1. The largest absolute Gasteiger partial charge is 0.314 e. The molecule has 0 aromatic carbocycles. The van der Waals surface area contributed by atoms with Gasteiger partial charge in [0.15, 0.2) is 0 Å². The Morgan fingerprint density at radius 2 is 2.21 bits per heavy atom. The van der Waals surface area contributed by atoms with Gasteiger partial charge in [0.1, 0.15) is 0 Å². The van der Waals surface area contributed by atoms with E-state index in [4.69, 9.17) is 11.6 Å². The molecule has 0 radical (unpaired) electrons. The van der Waals surface area contributed by atoms with Crippen LogP contribution in [0.15, 0.2) is 12.1 Å². The second kappa shape index (κ2) is 7.66. The van der Waals surface area contributed by atoms with Crippen molar-refractivity contribution in [1.82, 2.24) is 5.32 Å². The van der Waals surface area contributed by atoms with Crippen molar-refractivity contribution in [2.24, 2.45) is 11.8 Å². The van der Waals surface area contributed by atoms with E-state index >= 15 is 0 Å². The molecule has 2 unspecified atom stereocenters. The number of nitrogens with one attached hydrogen (secondary N) is 1. The molecule has 1 heterocycles. The average molecular weight is 300 g/mol. The van der Waals surface area contributed by atoms with Gasteiger partial charge < -0.3 is 5.32 Å². The van der Waals surface area contributed by atoms with Crippen LogP contribution < -0.4 is 5.32 Å². The monoisotopic (exact) mass is 299 g/mol. The molecule has 108 valence electrons. The van der Waals surface area contributed by atoms with Gasteiger partial charge in [0, 0.05) is 17.5 Å². The molecule has 0 amide bonds. The summed E-state index contributed by atoms with van der Waals surface area (Å²) in [5, 5.41) is 3.75. The molecule has 1 aromatic rings. The number of thiophene rings is 1. The van der Waals surface area contributed by atoms with Gasteiger partial charge in [-0.3, -0.25) is 0 Å². The summed E-state index contributed by atoms with van der Waals surface area (Å²) in [7, 11) is 0. The standard InChI is InChI=1S/C16H26ClNS/c1-12(2)10-13-4-3-5-14(11-13)18-9-8-15-6-7-16(17)19-15/h6-7,12-14,18H,3-5,8-11H2,1-2H3. The summed E-state index contributed by atoms with van der Waals surface area (Å²) in [5.74, 6) is 1.79. The lowest BCUT2D eigenvalue weighted by Gasteiger charge is -2.30. The minimum Gasteiger partial charge on any atom is -0.314 e. The zero-order valence-corrected chi connectivity index (χ0v) is 13.7. The highest BCUT2D eigenvalue weighted by Gasteiger charge is 2.21. The Balaban J connectivity index is 1.67. The lowest BCUT2D eigenvalue weighted by Crippen LogP contribution is -2.35. The van der Waals surface area contributed by atoms with E-state index in [2.05, 4.69) is 25.2 Å². The van der Waals surface area contributed by atoms with E-state index in [0.29, 0.717) is 0 Å². The van der Waals surface area contributed by atoms with Crippen molar-refractivity contribution in [1.29, 1.82) is 0 Å². The van der Waals surface area contributed by atoms with Crippen LogP contribution in [0.3, 0.4) is 0 Å². The molecular weight excluding hydrogens is 274 g/mol.